The van der Waals surface area contributed by atoms with Crippen LogP contribution in [-0.4, -0.2) is 14.1 Å². The molecule has 0 radical (unpaired) electrons. The van der Waals surface area contributed by atoms with Crippen molar-refractivity contribution in [3.63, 3.8) is 0 Å². The number of hydrogen-bond acceptors (Lipinski definition) is 2. The van der Waals surface area contributed by atoms with Crippen molar-refractivity contribution in [3.8, 4) is 11.5 Å². The van der Waals surface area contributed by atoms with Crippen LogP contribution in [0.2, 0.25) is 0 Å². The molecule has 0 amide bonds. The number of benzene rings is 2. The molecule has 0 saturated carbocycles. The van der Waals surface area contributed by atoms with Gasteiger partial charge in [0.1, 0.15) is 11.5 Å². The third-order valence-electron chi connectivity index (χ3n) is 2.72. The Kier molecular flexibility index (Phi) is 4.11. The minimum atomic E-state index is 0.862. The van der Waals surface area contributed by atoms with Crippen LogP contribution in [0.5, 0.6) is 11.5 Å². The van der Waals surface area contributed by atoms with Crippen LogP contribution < -0.4 is 9.64 Å². The Labute approximate surface area is 122 Å². The molecule has 3 heteroatoms. The number of rotatable bonds is 3. The average molecular weight is 353 g/mol. The molecular formula is C15H16INO. The second kappa shape index (κ2) is 5.61. The van der Waals surface area contributed by atoms with E-state index < -0.39 is 0 Å². The molecule has 2 aromatic rings. The van der Waals surface area contributed by atoms with Crippen LogP contribution in [0, 0.1) is 10.5 Å². The molecule has 0 bridgehead atoms. The summed E-state index contributed by atoms with van der Waals surface area (Å²) in [5, 5.41) is 0. The van der Waals surface area contributed by atoms with Crippen LogP contribution >= 0.6 is 22.6 Å². The molecule has 0 N–H and O–H groups in total. The number of aryl methyl sites for hydroxylation is 1. The predicted octanol–water partition coefficient (Wildman–Crippen LogP) is 4.46. The molecule has 94 valence electrons. The van der Waals surface area contributed by atoms with Crippen molar-refractivity contribution in [2.75, 3.05) is 19.0 Å². The summed E-state index contributed by atoms with van der Waals surface area (Å²) in [4.78, 5) is 2.07. The second-order valence-corrected chi connectivity index (χ2v) is 5.56. The highest BCUT2D eigenvalue weighted by atomic mass is 127. The first-order valence-electron chi connectivity index (χ1n) is 5.77. The van der Waals surface area contributed by atoms with Crippen LogP contribution in [0.4, 0.5) is 5.69 Å². The summed E-state index contributed by atoms with van der Waals surface area (Å²) in [5.74, 6) is 1.74. The van der Waals surface area contributed by atoms with Gasteiger partial charge in [0.15, 0.2) is 0 Å². The molecule has 0 atom stereocenters. The maximum atomic E-state index is 5.83. The second-order valence-electron chi connectivity index (χ2n) is 4.40. The third kappa shape index (κ3) is 3.16. The van der Waals surface area contributed by atoms with E-state index in [0.717, 1.165) is 11.5 Å². The smallest absolute Gasteiger partial charge is 0.127 e. The molecule has 0 heterocycles. The maximum absolute atomic E-state index is 5.83. The first-order valence-corrected chi connectivity index (χ1v) is 6.85. The van der Waals surface area contributed by atoms with Crippen LogP contribution in [0.3, 0.4) is 0 Å². The predicted molar refractivity (Wildman–Crippen MR) is 84.7 cm³/mol. The Morgan fingerprint density at radius 1 is 0.944 bits per heavy atom. The van der Waals surface area contributed by atoms with Crippen LogP contribution in [0.1, 0.15) is 5.56 Å². The summed E-state index contributed by atoms with van der Waals surface area (Å²) in [5.41, 5.74) is 2.40. The molecule has 0 spiro atoms. The number of halogens is 1. The van der Waals surface area contributed by atoms with Gasteiger partial charge in [-0.3, -0.25) is 0 Å². The summed E-state index contributed by atoms with van der Waals surface area (Å²) in [6, 6.07) is 14.2. The first-order chi connectivity index (χ1) is 8.56. The van der Waals surface area contributed by atoms with Crippen molar-refractivity contribution in [1.82, 2.24) is 0 Å². The summed E-state index contributed by atoms with van der Waals surface area (Å²) in [6.07, 6.45) is 0. The Hall–Kier alpha value is -1.23. The molecule has 0 unspecified atom stereocenters. The Bertz CT molecular complexity index is 535. The molecule has 2 aromatic carbocycles. The van der Waals surface area contributed by atoms with Gasteiger partial charge in [-0.15, -0.1) is 0 Å². The van der Waals surface area contributed by atoms with Gasteiger partial charge in [0, 0.05) is 23.4 Å². The van der Waals surface area contributed by atoms with Crippen molar-refractivity contribution in [1.29, 1.82) is 0 Å². The van der Waals surface area contributed by atoms with Gasteiger partial charge in [0.25, 0.3) is 0 Å². The molecule has 2 nitrogen and oxygen atoms in total. The quantitative estimate of drug-likeness (QED) is 0.756. The molecule has 0 fully saturated rings. The Morgan fingerprint density at radius 3 is 2.11 bits per heavy atom. The van der Waals surface area contributed by atoms with E-state index in [4.69, 9.17) is 4.74 Å². The van der Waals surface area contributed by atoms with E-state index in [0.29, 0.717) is 0 Å². The fourth-order valence-electron chi connectivity index (χ4n) is 1.63. The highest BCUT2D eigenvalue weighted by molar-refractivity contribution is 14.1. The van der Waals surface area contributed by atoms with Crippen molar-refractivity contribution in [3.05, 3.63) is 51.6 Å². The van der Waals surface area contributed by atoms with E-state index in [-0.39, 0.29) is 0 Å². The van der Waals surface area contributed by atoms with Crippen molar-refractivity contribution >= 4 is 28.3 Å². The van der Waals surface area contributed by atoms with Crippen molar-refractivity contribution in [2.24, 2.45) is 0 Å². The number of hydrogen-bond donors (Lipinski definition) is 0. The van der Waals surface area contributed by atoms with Crippen LogP contribution in [0.15, 0.2) is 42.5 Å². The lowest BCUT2D eigenvalue weighted by Crippen LogP contribution is -2.07. The zero-order chi connectivity index (χ0) is 13.1. The Morgan fingerprint density at radius 2 is 1.56 bits per heavy atom. The molecule has 2 rings (SSSR count). The van der Waals surface area contributed by atoms with E-state index in [9.17, 15) is 0 Å². The summed E-state index contributed by atoms with van der Waals surface area (Å²) >= 11 is 2.32. The molecule has 0 aliphatic carbocycles. The standard InChI is InChI=1S/C15H16INO/c1-11-10-14(8-9-15(11)16)18-13-6-4-12(5-7-13)17(2)3/h4-10H,1-3H3. The molecular weight excluding hydrogens is 337 g/mol. The molecule has 0 saturated heterocycles. The van der Waals surface area contributed by atoms with Gasteiger partial charge in [-0.2, -0.15) is 0 Å². The van der Waals surface area contributed by atoms with Gasteiger partial charge in [0.2, 0.25) is 0 Å². The van der Waals surface area contributed by atoms with Gasteiger partial charge >= 0.3 is 0 Å². The highest BCUT2D eigenvalue weighted by Crippen LogP contribution is 2.26. The number of nitrogens with zero attached hydrogens (tertiary/aromatic N) is 1. The summed E-state index contributed by atoms with van der Waals surface area (Å²) in [6.45, 7) is 2.09. The Balaban J connectivity index is 2.15. The fourth-order valence-corrected chi connectivity index (χ4v) is 1.96. The zero-order valence-corrected chi connectivity index (χ0v) is 12.9. The maximum Gasteiger partial charge on any atom is 0.127 e. The summed E-state index contributed by atoms with van der Waals surface area (Å²) < 4.78 is 7.08. The van der Waals surface area contributed by atoms with E-state index in [2.05, 4.69) is 58.7 Å². The van der Waals surface area contributed by atoms with E-state index >= 15 is 0 Å². The van der Waals surface area contributed by atoms with E-state index in [1.165, 1.54) is 14.8 Å². The number of ether oxygens (including phenoxy) is 1. The lowest BCUT2D eigenvalue weighted by Gasteiger charge is -2.13. The summed E-state index contributed by atoms with van der Waals surface area (Å²) in [7, 11) is 4.05. The van der Waals surface area contributed by atoms with Crippen molar-refractivity contribution < 1.29 is 4.74 Å². The lowest BCUT2D eigenvalue weighted by atomic mass is 10.2. The van der Waals surface area contributed by atoms with Crippen LogP contribution in [-0.2, 0) is 0 Å². The monoisotopic (exact) mass is 353 g/mol. The van der Waals surface area contributed by atoms with Crippen molar-refractivity contribution in [2.45, 2.75) is 6.92 Å². The molecule has 0 aromatic heterocycles. The highest BCUT2D eigenvalue weighted by Gasteiger charge is 2.01. The fraction of sp³-hybridized carbons (Fsp3) is 0.200. The van der Waals surface area contributed by atoms with E-state index in [1.54, 1.807) is 0 Å². The minimum absolute atomic E-state index is 0.862. The zero-order valence-electron chi connectivity index (χ0n) is 10.8. The van der Waals surface area contributed by atoms with Gasteiger partial charge < -0.3 is 9.64 Å². The van der Waals surface area contributed by atoms with E-state index in [1.807, 2.05) is 32.3 Å². The van der Waals surface area contributed by atoms with Crippen LogP contribution in [0.25, 0.3) is 0 Å². The normalized spacial score (nSPS) is 10.2. The minimum Gasteiger partial charge on any atom is -0.457 e. The first kappa shape index (κ1) is 13.2. The lowest BCUT2D eigenvalue weighted by molar-refractivity contribution is 0.482. The topological polar surface area (TPSA) is 12.5 Å². The molecule has 0 aliphatic rings. The number of anilines is 1. The third-order valence-corrected chi connectivity index (χ3v) is 3.93. The largest absolute Gasteiger partial charge is 0.457 e. The average Bonchev–Trinajstić information content (AvgIpc) is 2.34. The molecule has 18 heavy (non-hydrogen) atoms. The van der Waals surface area contributed by atoms with Gasteiger partial charge in [0.05, 0.1) is 0 Å². The molecule has 0 aliphatic heterocycles. The van der Waals surface area contributed by atoms with Gasteiger partial charge in [-0.25, -0.2) is 0 Å². The van der Waals surface area contributed by atoms with Gasteiger partial charge in [-0.1, -0.05) is 0 Å². The SMILES string of the molecule is Cc1cc(Oc2ccc(N(C)C)cc2)ccc1I. The van der Waals surface area contributed by atoms with Gasteiger partial charge in [-0.05, 0) is 77.5 Å².